The summed E-state index contributed by atoms with van der Waals surface area (Å²) in [6.45, 7) is 2.83. The normalized spacial score (nSPS) is 16.2. The van der Waals surface area contributed by atoms with Crippen LogP contribution >= 0.6 is 0 Å². The second-order valence-corrected chi connectivity index (χ2v) is 8.49. The molecule has 1 aliphatic carbocycles. The van der Waals surface area contributed by atoms with Crippen LogP contribution in [0, 0.1) is 5.92 Å². The minimum Gasteiger partial charge on any atom is -0.493 e. The summed E-state index contributed by atoms with van der Waals surface area (Å²) in [5.74, 6) is 1.65. The third-order valence-electron chi connectivity index (χ3n) is 4.33. The SMILES string of the molecule is CS(=O)(=O)NCCCNCc1cccc(OCC2CCCCC2)c1. The molecule has 0 heterocycles. The van der Waals surface area contributed by atoms with E-state index < -0.39 is 10.0 Å². The maximum absolute atomic E-state index is 11.0. The predicted octanol–water partition coefficient (Wildman–Crippen LogP) is 2.67. The number of hydrogen-bond acceptors (Lipinski definition) is 4. The first-order chi connectivity index (χ1) is 11.5. The van der Waals surface area contributed by atoms with Crippen LogP contribution in [-0.2, 0) is 16.6 Å². The third-order valence-corrected chi connectivity index (χ3v) is 5.06. The van der Waals surface area contributed by atoms with Crippen molar-refractivity contribution in [1.29, 1.82) is 0 Å². The molecule has 0 aliphatic heterocycles. The second kappa shape index (κ2) is 10.0. The van der Waals surface area contributed by atoms with Crippen LogP contribution in [0.2, 0.25) is 0 Å². The van der Waals surface area contributed by atoms with E-state index in [9.17, 15) is 8.42 Å². The van der Waals surface area contributed by atoms with Crippen molar-refractivity contribution in [2.45, 2.75) is 45.1 Å². The minimum atomic E-state index is -3.08. The van der Waals surface area contributed by atoms with E-state index in [0.29, 0.717) is 12.5 Å². The zero-order valence-electron chi connectivity index (χ0n) is 14.6. The highest BCUT2D eigenvalue weighted by molar-refractivity contribution is 7.88. The van der Waals surface area contributed by atoms with Crippen molar-refractivity contribution in [3.63, 3.8) is 0 Å². The quantitative estimate of drug-likeness (QED) is 0.634. The van der Waals surface area contributed by atoms with E-state index in [4.69, 9.17) is 4.74 Å². The first-order valence-electron chi connectivity index (χ1n) is 8.90. The third kappa shape index (κ3) is 8.13. The van der Waals surface area contributed by atoms with Gasteiger partial charge in [0, 0.05) is 13.1 Å². The lowest BCUT2D eigenvalue weighted by Gasteiger charge is -2.21. The lowest BCUT2D eigenvalue weighted by atomic mass is 9.90. The van der Waals surface area contributed by atoms with E-state index in [1.807, 2.05) is 12.1 Å². The summed E-state index contributed by atoms with van der Waals surface area (Å²) in [5, 5.41) is 3.33. The maximum atomic E-state index is 11.0. The van der Waals surface area contributed by atoms with Crippen molar-refractivity contribution in [2.24, 2.45) is 5.92 Å². The van der Waals surface area contributed by atoms with E-state index in [1.54, 1.807) is 0 Å². The van der Waals surface area contributed by atoms with Gasteiger partial charge in [-0.3, -0.25) is 0 Å². The van der Waals surface area contributed by atoms with Crippen LogP contribution in [-0.4, -0.2) is 34.4 Å². The van der Waals surface area contributed by atoms with Crippen molar-refractivity contribution in [3.8, 4) is 5.75 Å². The summed E-state index contributed by atoms with van der Waals surface area (Å²) in [6.07, 6.45) is 8.59. The maximum Gasteiger partial charge on any atom is 0.208 e. The summed E-state index contributed by atoms with van der Waals surface area (Å²) in [7, 11) is -3.08. The molecular formula is C18H30N2O3S. The van der Waals surface area contributed by atoms with Gasteiger partial charge in [-0.25, -0.2) is 13.1 Å². The van der Waals surface area contributed by atoms with Gasteiger partial charge in [0.05, 0.1) is 12.9 Å². The highest BCUT2D eigenvalue weighted by atomic mass is 32.2. The molecule has 1 aromatic rings. The molecule has 0 unspecified atom stereocenters. The van der Waals surface area contributed by atoms with E-state index in [0.717, 1.165) is 31.9 Å². The number of sulfonamides is 1. The van der Waals surface area contributed by atoms with Crippen LogP contribution in [0.15, 0.2) is 24.3 Å². The van der Waals surface area contributed by atoms with Gasteiger partial charge >= 0.3 is 0 Å². The van der Waals surface area contributed by atoms with Gasteiger partial charge in [0.25, 0.3) is 0 Å². The molecule has 5 nitrogen and oxygen atoms in total. The van der Waals surface area contributed by atoms with Gasteiger partial charge in [-0.2, -0.15) is 0 Å². The highest BCUT2D eigenvalue weighted by Crippen LogP contribution is 2.24. The molecule has 0 saturated heterocycles. The topological polar surface area (TPSA) is 67.4 Å². The monoisotopic (exact) mass is 354 g/mol. The Balaban J connectivity index is 1.64. The van der Waals surface area contributed by atoms with Gasteiger partial charge in [0.2, 0.25) is 10.0 Å². The predicted molar refractivity (Wildman–Crippen MR) is 97.7 cm³/mol. The fourth-order valence-electron chi connectivity index (χ4n) is 3.02. The van der Waals surface area contributed by atoms with Crippen LogP contribution in [0.25, 0.3) is 0 Å². The zero-order chi connectivity index (χ0) is 17.3. The summed E-state index contributed by atoms with van der Waals surface area (Å²) < 4.78 is 30.4. The number of rotatable bonds is 10. The van der Waals surface area contributed by atoms with Crippen LogP contribution in [0.1, 0.15) is 44.1 Å². The number of ether oxygens (including phenoxy) is 1. The van der Waals surface area contributed by atoms with Gasteiger partial charge in [0.15, 0.2) is 0 Å². The van der Waals surface area contributed by atoms with Crippen molar-refractivity contribution < 1.29 is 13.2 Å². The average Bonchev–Trinajstić information content (AvgIpc) is 2.56. The Morgan fingerprint density at radius 3 is 2.71 bits per heavy atom. The van der Waals surface area contributed by atoms with E-state index in [2.05, 4.69) is 22.2 Å². The molecule has 2 N–H and O–H groups in total. The molecule has 0 bridgehead atoms. The summed E-state index contributed by atoms with van der Waals surface area (Å²) in [4.78, 5) is 0. The molecule has 0 atom stereocenters. The summed E-state index contributed by atoms with van der Waals surface area (Å²) in [6, 6.07) is 8.21. The number of hydrogen-bond donors (Lipinski definition) is 2. The van der Waals surface area contributed by atoms with Gasteiger partial charge < -0.3 is 10.1 Å². The Kier molecular flexibility index (Phi) is 8.02. The number of benzene rings is 1. The molecule has 1 fully saturated rings. The van der Waals surface area contributed by atoms with Crippen LogP contribution < -0.4 is 14.8 Å². The van der Waals surface area contributed by atoms with Crippen molar-refractivity contribution in [1.82, 2.24) is 10.0 Å². The molecule has 1 saturated carbocycles. The fourth-order valence-corrected chi connectivity index (χ4v) is 3.53. The van der Waals surface area contributed by atoms with Crippen molar-refractivity contribution in [2.75, 3.05) is 26.0 Å². The Morgan fingerprint density at radius 2 is 1.96 bits per heavy atom. The van der Waals surface area contributed by atoms with Gasteiger partial charge in [0.1, 0.15) is 5.75 Å². The van der Waals surface area contributed by atoms with Gasteiger partial charge in [-0.05, 0) is 49.4 Å². The van der Waals surface area contributed by atoms with Crippen LogP contribution in [0.4, 0.5) is 0 Å². The first-order valence-corrected chi connectivity index (χ1v) is 10.8. The van der Waals surface area contributed by atoms with Gasteiger partial charge in [-0.15, -0.1) is 0 Å². The molecule has 0 radical (unpaired) electrons. The smallest absolute Gasteiger partial charge is 0.208 e. The van der Waals surface area contributed by atoms with Crippen LogP contribution in [0.3, 0.4) is 0 Å². The molecule has 0 aromatic heterocycles. The molecule has 6 heteroatoms. The number of nitrogens with one attached hydrogen (secondary N) is 2. The Bertz CT molecular complexity index is 584. The Labute approximate surface area is 146 Å². The Morgan fingerprint density at radius 1 is 1.17 bits per heavy atom. The molecule has 136 valence electrons. The lowest BCUT2D eigenvalue weighted by molar-refractivity contribution is 0.208. The lowest BCUT2D eigenvalue weighted by Crippen LogP contribution is -2.26. The fraction of sp³-hybridized carbons (Fsp3) is 0.667. The highest BCUT2D eigenvalue weighted by Gasteiger charge is 2.13. The van der Waals surface area contributed by atoms with E-state index in [-0.39, 0.29) is 0 Å². The van der Waals surface area contributed by atoms with Crippen LogP contribution in [0.5, 0.6) is 5.75 Å². The zero-order valence-corrected chi connectivity index (χ0v) is 15.4. The molecule has 0 spiro atoms. The largest absolute Gasteiger partial charge is 0.493 e. The summed E-state index contributed by atoms with van der Waals surface area (Å²) in [5.41, 5.74) is 1.19. The standard InChI is InChI=1S/C18H30N2O3S/c1-24(21,22)20-12-6-11-19-14-17-9-5-10-18(13-17)23-15-16-7-3-2-4-8-16/h5,9-10,13,16,19-20H,2-4,6-8,11-12,14-15H2,1H3. The van der Waals surface area contributed by atoms with Gasteiger partial charge in [-0.1, -0.05) is 31.4 Å². The van der Waals surface area contributed by atoms with E-state index >= 15 is 0 Å². The molecule has 24 heavy (non-hydrogen) atoms. The molecule has 1 aliphatic rings. The summed E-state index contributed by atoms with van der Waals surface area (Å²) >= 11 is 0. The molecular weight excluding hydrogens is 324 g/mol. The van der Waals surface area contributed by atoms with Crippen molar-refractivity contribution in [3.05, 3.63) is 29.8 Å². The second-order valence-electron chi connectivity index (χ2n) is 6.66. The molecule has 1 aromatic carbocycles. The van der Waals surface area contributed by atoms with Crippen molar-refractivity contribution >= 4 is 10.0 Å². The first kappa shape index (κ1) is 19.2. The molecule has 2 rings (SSSR count). The minimum absolute atomic E-state index is 0.469. The van der Waals surface area contributed by atoms with E-state index in [1.165, 1.54) is 43.9 Å². The average molecular weight is 355 g/mol. The Hall–Kier alpha value is -1.11. The molecule has 0 amide bonds.